The normalized spacial score (nSPS) is 28.4. The van der Waals surface area contributed by atoms with Gasteiger partial charge >= 0.3 is 5.97 Å². The molecule has 0 aliphatic carbocycles. The summed E-state index contributed by atoms with van der Waals surface area (Å²) in [6.07, 6.45) is -0.225. The fraction of sp³-hybridized carbons (Fsp3) is 0.600. The van der Waals surface area contributed by atoms with E-state index < -0.39 is 12.3 Å². The molecule has 1 aliphatic heterocycles. The molecular formula is C20H29NO5. The molecule has 1 aromatic carbocycles. The third kappa shape index (κ3) is 5.54. The summed E-state index contributed by atoms with van der Waals surface area (Å²) in [5.41, 5.74) is 1.07. The molecule has 1 aliphatic rings. The number of nitrogens with one attached hydrogen (secondary N) is 1. The second-order valence-corrected chi connectivity index (χ2v) is 6.78. The van der Waals surface area contributed by atoms with Gasteiger partial charge in [-0.25, -0.2) is 0 Å². The fourth-order valence-electron chi connectivity index (χ4n) is 3.42. The first-order valence-electron chi connectivity index (χ1n) is 9.15. The minimum absolute atomic E-state index is 0.0753. The average Bonchev–Trinajstić information content (AvgIpc) is 2.60. The number of benzene rings is 1. The van der Waals surface area contributed by atoms with Crippen LogP contribution in [0.25, 0.3) is 0 Å². The van der Waals surface area contributed by atoms with Crippen molar-refractivity contribution in [1.82, 2.24) is 5.32 Å². The van der Waals surface area contributed by atoms with Gasteiger partial charge in [0.1, 0.15) is 0 Å². The van der Waals surface area contributed by atoms with Crippen molar-refractivity contribution < 1.29 is 23.8 Å². The third-order valence-corrected chi connectivity index (χ3v) is 4.74. The van der Waals surface area contributed by atoms with Gasteiger partial charge < -0.3 is 19.5 Å². The molecule has 0 saturated carbocycles. The van der Waals surface area contributed by atoms with Crippen molar-refractivity contribution in [2.75, 3.05) is 6.54 Å². The Balaban J connectivity index is 2.19. The maximum absolute atomic E-state index is 11.5. The van der Waals surface area contributed by atoms with Gasteiger partial charge in [-0.05, 0) is 12.0 Å². The minimum Gasteiger partial charge on any atom is -0.435 e. The molecule has 0 radical (unpaired) electrons. The van der Waals surface area contributed by atoms with Crippen LogP contribution in [0.1, 0.15) is 39.7 Å². The predicted molar refractivity (Wildman–Crippen MR) is 97.1 cm³/mol. The lowest BCUT2D eigenvalue weighted by molar-refractivity contribution is -0.264. The zero-order valence-electron chi connectivity index (χ0n) is 15.9. The van der Waals surface area contributed by atoms with Gasteiger partial charge in [-0.15, -0.1) is 0 Å². The predicted octanol–water partition coefficient (Wildman–Crippen LogP) is 2.66. The van der Waals surface area contributed by atoms with E-state index in [9.17, 15) is 9.59 Å². The number of carbonyl (C=O) groups is 2. The van der Waals surface area contributed by atoms with E-state index in [0.717, 1.165) is 12.0 Å². The quantitative estimate of drug-likeness (QED) is 0.754. The van der Waals surface area contributed by atoms with E-state index in [-0.39, 0.29) is 30.0 Å². The molecule has 6 nitrogen and oxygen atoms in total. The Morgan fingerprint density at radius 2 is 1.88 bits per heavy atom. The molecule has 1 unspecified atom stereocenters. The van der Waals surface area contributed by atoms with E-state index in [1.165, 1.54) is 13.8 Å². The molecule has 26 heavy (non-hydrogen) atoms. The van der Waals surface area contributed by atoms with Crippen molar-refractivity contribution in [2.24, 2.45) is 11.8 Å². The second-order valence-electron chi connectivity index (χ2n) is 6.78. The number of hydrogen-bond acceptors (Lipinski definition) is 5. The first kappa shape index (κ1) is 20.4. The Morgan fingerprint density at radius 1 is 1.19 bits per heavy atom. The van der Waals surface area contributed by atoms with Crippen LogP contribution < -0.4 is 5.32 Å². The first-order chi connectivity index (χ1) is 12.4. The number of hydrogen-bond donors (Lipinski definition) is 1. The van der Waals surface area contributed by atoms with Gasteiger partial charge in [-0.2, -0.15) is 0 Å². The summed E-state index contributed by atoms with van der Waals surface area (Å²) < 4.78 is 17.7. The summed E-state index contributed by atoms with van der Waals surface area (Å²) in [6.45, 7) is 7.71. The van der Waals surface area contributed by atoms with Crippen LogP contribution in [-0.2, 0) is 30.4 Å². The van der Waals surface area contributed by atoms with Crippen LogP contribution in [0.3, 0.4) is 0 Å². The van der Waals surface area contributed by atoms with E-state index in [4.69, 9.17) is 14.2 Å². The Bertz CT molecular complexity index is 591. The van der Waals surface area contributed by atoms with E-state index in [1.54, 1.807) is 0 Å². The molecule has 2 rings (SSSR count). The number of amides is 1. The maximum Gasteiger partial charge on any atom is 0.304 e. The molecule has 1 aromatic rings. The molecule has 5 atom stereocenters. The van der Waals surface area contributed by atoms with Crippen molar-refractivity contribution >= 4 is 11.9 Å². The highest BCUT2D eigenvalue weighted by atomic mass is 16.7. The van der Waals surface area contributed by atoms with Crippen molar-refractivity contribution in [1.29, 1.82) is 0 Å². The van der Waals surface area contributed by atoms with E-state index in [2.05, 4.69) is 12.2 Å². The SMILES string of the molecule is CC[C@H]1OC(OC(C)=O)[C@H](CNC(C)=O)[C@@H](OCc2ccccc2)[C@H]1C. The van der Waals surface area contributed by atoms with Crippen molar-refractivity contribution in [3.8, 4) is 0 Å². The largest absolute Gasteiger partial charge is 0.435 e. The molecular weight excluding hydrogens is 334 g/mol. The van der Waals surface area contributed by atoms with E-state index >= 15 is 0 Å². The fourth-order valence-corrected chi connectivity index (χ4v) is 3.42. The van der Waals surface area contributed by atoms with Crippen LogP contribution in [0.2, 0.25) is 0 Å². The molecule has 0 bridgehead atoms. The lowest BCUT2D eigenvalue weighted by Crippen LogP contribution is -2.55. The van der Waals surface area contributed by atoms with E-state index in [1.807, 2.05) is 37.3 Å². The van der Waals surface area contributed by atoms with E-state index in [0.29, 0.717) is 13.2 Å². The summed E-state index contributed by atoms with van der Waals surface area (Å²) in [5, 5.41) is 2.81. The summed E-state index contributed by atoms with van der Waals surface area (Å²) in [4.78, 5) is 22.9. The zero-order chi connectivity index (χ0) is 19.1. The van der Waals surface area contributed by atoms with Crippen LogP contribution in [0.15, 0.2) is 30.3 Å². The lowest BCUT2D eigenvalue weighted by atomic mass is 9.83. The average molecular weight is 363 g/mol. The van der Waals surface area contributed by atoms with Crippen LogP contribution in [0.5, 0.6) is 0 Å². The molecule has 1 amide bonds. The van der Waals surface area contributed by atoms with Gasteiger partial charge in [-0.1, -0.05) is 44.2 Å². The van der Waals surface area contributed by atoms with Crippen LogP contribution >= 0.6 is 0 Å². The smallest absolute Gasteiger partial charge is 0.304 e. The maximum atomic E-state index is 11.5. The Morgan fingerprint density at radius 3 is 2.46 bits per heavy atom. The molecule has 0 spiro atoms. The number of carbonyl (C=O) groups excluding carboxylic acids is 2. The number of rotatable bonds is 7. The van der Waals surface area contributed by atoms with Gasteiger partial charge in [0.15, 0.2) is 0 Å². The molecule has 1 fully saturated rings. The third-order valence-electron chi connectivity index (χ3n) is 4.74. The molecule has 144 valence electrons. The minimum atomic E-state index is -0.735. The monoisotopic (exact) mass is 363 g/mol. The second kappa shape index (κ2) is 9.69. The van der Waals surface area contributed by atoms with Gasteiger partial charge in [0.05, 0.1) is 24.7 Å². The van der Waals surface area contributed by atoms with Crippen LogP contribution in [0.4, 0.5) is 0 Å². The van der Waals surface area contributed by atoms with Crippen molar-refractivity contribution in [2.45, 2.75) is 59.2 Å². The molecule has 1 N–H and O–H groups in total. The molecule has 0 aromatic heterocycles. The first-order valence-corrected chi connectivity index (χ1v) is 9.15. The number of esters is 1. The number of ether oxygens (including phenoxy) is 3. The van der Waals surface area contributed by atoms with Crippen LogP contribution in [0, 0.1) is 11.8 Å². The van der Waals surface area contributed by atoms with Gasteiger partial charge in [0, 0.05) is 26.3 Å². The summed E-state index contributed by atoms with van der Waals surface area (Å²) in [5.74, 6) is -0.716. The van der Waals surface area contributed by atoms with Gasteiger partial charge in [-0.3, -0.25) is 9.59 Å². The summed E-state index contributed by atoms with van der Waals surface area (Å²) in [6, 6.07) is 9.92. The highest BCUT2D eigenvalue weighted by molar-refractivity contribution is 5.72. The van der Waals surface area contributed by atoms with Crippen molar-refractivity contribution in [3.05, 3.63) is 35.9 Å². The van der Waals surface area contributed by atoms with Gasteiger partial charge in [0.25, 0.3) is 0 Å². The highest BCUT2D eigenvalue weighted by Crippen LogP contribution is 2.35. The molecule has 1 saturated heterocycles. The zero-order valence-corrected chi connectivity index (χ0v) is 15.9. The van der Waals surface area contributed by atoms with Crippen molar-refractivity contribution in [3.63, 3.8) is 0 Å². The van der Waals surface area contributed by atoms with Gasteiger partial charge in [0.2, 0.25) is 12.2 Å². The Kier molecular flexibility index (Phi) is 7.60. The molecule has 1 heterocycles. The Labute approximate surface area is 155 Å². The summed E-state index contributed by atoms with van der Waals surface area (Å²) in [7, 11) is 0. The highest BCUT2D eigenvalue weighted by Gasteiger charge is 2.45. The standard InChI is InChI=1S/C20H29NO5/c1-5-18-13(2)19(24-12-16-9-7-6-8-10-16)17(11-21-14(3)22)20(26-18)25-15(4)23/h6-10,13,17-20H,5,11-12H2,1-4H3,(H,21,22)/t13-,17+,18+,19-,20?/m0/s1. The topological polar surface area (TPSA) is 73.9 Å². The summed E-state index contributed by atoms with van der Waals surface area (Å²) >= 11 is 0. The van der Waals surface area contributed by atoms with Crippen LogP contribution in [-0.4, -0.2) is 36.9 Å². The lowest BCUT2D eigenvalue weighted by Gasteiger charge is -2.45. The Hall–Kier alpha value is -1.92. The molecule has 6 heteroatoms.